The maximum absolute atomic E-state index is 13.2. The van der Waals surface area contributed by atoms with Crippen LogP contribution < -0.4 is 4.31 Å². The summed E-state index contributed by atoms with van der Waals surface area (Å²) in [5.74, 6) is 0.560. The molecule has 0 atom stereocenters. The van der Waals surface area contributed by atoms with Crippen LogP contribution in [0.15, 0.2) is 74.3 Å². The average Bonchev–Trinajstić information content (AvgIpc) is 3.43. The van der Waals surface area contributed by atoms with Crippen LogP contribution in [0.5, 0.6) is 0 Å². The third-order valence-corrected chi connectivity index (χ3v) is 8.25. The standard InChI is InChI=1S/C20H16ClN3O3S3/c1-24(15-5-3-4-14(21)12-15)30(25,26)17-10-11-29-18(17)20-22-19(23-27-20)13-6-8-16(28-2)9-7-13/h3-12H,1-2H3. The largest absolute Gasteiger partial charge is 0.333 e. The predicted molar refractivity (Wildman–Crippen MR) is 122 cm³/mol. The molecule has 6 nitrogen and oxygen atoms in total. The summed E-state index contributed by atoms with van der Waals surface area (Å²) in [7, 11) is -2.37. The highest BCUT2D eigenvalue weighted by Gasteiger charge is 2.28. The van der Waals surface area contributed by atoms with E-state index in [9.17, 15) is 8.42 Å². The van der Waals surface area contributed by atoms with E-state index in [1.807, 2.05) is 30.5 Å². The molecular weight excluding hydrogens is 462 g/mol. The third-order valence-electron chi connectivity index (χ3n) is 4.41. The van der Waals surface area contributed by atoms with Crippen molar-refractivity contribution in [2.24, 2.45) is 0 Å². The third kappa shape index (κ3) is 3.98. The highest BCUT2D eigenvalue weighted by molar-refractivity contribution is 7.98. The Morgan fingerprint density at radius 1 is 1.13 bits per heavy atom. The van der Waals surface area contributed by atoms with Gasteiger partial charge >= 0.3 is 0 Å². The zero-order valence-corrected chi connectivity index (χ0v) is 19.1. The van der Waals surface area contributed by atoms with Crippen LogP contribution in [0.4, 0.5) is 5.69 Å². The Bertz CT molecular complexity index is 1280. The number of hydrogen-bond donors (Lipinski definition) is 0. The van der Waals surface area contributed by atoms with Gasteiger partial charge in [-0.3, -0.25) is 4.31 Å². The Labute approximate surface area is 187 Å². The number of anilines is 1. The highest BCUT2D eigenvalue weighted by Crippen LogP contribution is 2.36. The second-order valence-corrected chi connectivity index (χ2v) is 10.4. The van der Waals surface area contributed by atoms with Crippen molar-refractivity contribution >= 4 is 50.4 Å². The number of rotatable bonds is 6. The van der Waals surface area contributed by atoms with Crippen molar-refractivity contribution in [2.75, 3.05) is 17.6 Å². The number of sulfonamides is 1. The number of benzene rings is 2. The molecule has 154 valence electrons. The molecule has 0 aliphatic heterocycles. The Morgan fingerprint density at radius 3 is 2.60 bits per heavy atom. The Kier molecular flexibility index (Phi) is 5.88. The van der Waals surface area contributed by atoms with Crippen LogP contribution >= 0.6 is 34.7 Å². The first-order valence-electron chi connectivity index (χ1n) is 8.70. The number of hydrogen-bond acceptors (Lipinski definition) is 7. The van der Waals surface area contributed by atoms with E-state index in [0.29, 0.717) is 21.4 Å². The number of thiophene rings is 1. The Morgan fingerprint density at radius 2 is 1.90 bits per heavy atom. The summed E-state index contributed by atoms with van der Waals surface area (Å²) >= 11 is 8.89. The summed E-state index contributed by atoms with van der Waals surface area (Å²) in [6.45, 7) is 0. The van der Waals surface area contributed by atoms with Gasteiger partial charge in [0.2, 0.25) is 5.82 Å². The van der Waals surface area contributed by atoms with Gasteiger partial charge < -0.3 is 4.52 Å². The Balaban J connectivity index is 1.69. The smallest absolute Gasteiger partial charge is 0.269 e. The van der Waals surface area contributed by atoms with Crippen molar-refractivity contribution in [2.45, 2.75) is 9.79 Å². The van der Waals surface area contributed by atoms with E-state index in [4.69, 9.17) is 16.1 Å². The van der Waals surface area contributed by atoms with Gasteiger partial charge in [0.05, 0.1) is 5.69 Å². The summed E-state index contributed by atoms with van der Waals surface area (Å²) in [6.07, 6.45) is 2.00. The molecule has 0 saturated carbocycles. The molecule has 0 saturated heterocycles. The van der Waals surface area contributed by atoms with Gasteiger partial charge in [-0.1, -0.05) is 22.8 Å². The van der Waals surface area contributed by atoms with E-state index < -0.39 is 10.0 Å². The van der Waals surface area contributed by atoms with Crippen LogP contribution in [0, 0.1) is 0 Å². The molecule has 0 unspecified atom stereocenters. The van der Waals surface area contributed by atoms with Gasteiger partial charge in [0.25, 0.3) is 15.9 Å². The average molecular weight is 478 g/mol. The van der Waals surface area contributed by atoms with Crippen LogP contribution in [0.2, 0.25) is 5.02 Å². The molecular formula is C20H16ClN3O3S3. The molecule has 2 aromatic heterocycles. The molecule has 10 heteroatoms. The summed E-state index contributed by atoms with van der Waals surface area (Å²) in [4.78, 5) is 6.04. The first-order valence-corrected chi connectivity index (χ1v) is 12.6. The maximum atomic E-state index is 13.2. The van der Waals surface area contributed by atoms with Gasteiger partial charge in [0, 0.05) is 22.5 Å². The first-order chi connectivity index (χ1) is 14.4. The molecule has 0 amide bonds. The van der Waals surface area contributed by atoms with Crippen LogP contribution in [-0.2, 0) is 10.0 Å². The van der Waals surface area contributed by atoms with Crippen LogP contribution in [0.3, 0.4) is 0 Å². The SMILES string of the molecule is CSc1ccc(-c2noc(-c3sccc3S(=O)(=O)N(C)c3cccc(Cl)c3)n2)cc1. The minimum atomic E-state index is -3.85. The predicted octanol–water partition coefficient (Wildman–Crippen LogP) is 5.67. The topological polar surface area (TPSA) is 76.3 Å². The van der Waals surface area contributed by atoms with E-state index in [2.05, 4.69) is 10.1 Å². The van der Waals surface area contributed by atoms with Gasteiger partial charge in [-0.15, -0.1) is 23.1 Å². The molecule has 4 rings (SSSR count). The minimum Gasteiger partial charge on any atom is -0.333 e. The molecule has 0 N–H and O–H groups in total. The molecule has 0 aliphatic carbocycles. The van der Waals surface area contributed by atoms with Gasteiger partial charge in [-0.25, -0.2) is 8.42 Å². The van der Waals surface area contributed by atoms with Gasteiger partial charge in [0.1, 0.15) is 9.77 Å². The lowest BCUT2D eigenvalue weighted by Gasteiger charge is -2.19. The molecule has 0 bridgehead atoms. The normalized spacial score (nSPS) is 11.6. The summed E-state index contributed by atoms with van der Waals surface area (Å²) in [5.41, 5.74) is 1.25. The van der Waals surface area contributed by atoms with Gasteiger partial charge in [0.15, 0.2) is 0 Å². The first kappa shape index (κ1) is 20.9. The quantitative estimate of drug-likeness (QED) is 0.333. The van der Waals surface area contributed by atoms with Crippen molar-refractivity contribution in [3.05, 3.63) is 65.0 Å². The number of aromatic nitrogens is 2. The van der Waals surface area contributed by atoms with E-state index in [1.165, 1.54) is 28.8 Å². The van der Waals surface area contributed by atoms with Crippen LogP contribution in [0.1, 0.15) is 0 Å². The second-order valence-electron chi connectivity index (χ2n) is 6.22. The molecule has 0 fully saturated rings. The lowest BCUT2D eigenvalue weighted by molar-refractivity contribution is 0.432. The molecule has 30 heavy (non-hydrogen) atoms. The number of thioether (sulfide) groups is 1. The number of nitrogens with zero attached hydrogens (tertiary/aromatic N) is 3. The molecule has 0 aliphatic rings. The van der Waals surface area contributed by atoms with Gasteiger partial charge in [-0.05, 0) is 60.2 Å². The summed E-state index contributed by atoms with van der Waals surface area (Å²) in [5, 5.41) is 6.16. The zero-order valence-electron chi connectivity index (χ0n) is 15.9. The van der Waals surface area contributed by atoms with E-state index in [-0.39, 0.29) is 10.8 Å². The fraction of sp³-hybridized carbons (Fsp3) is 0.100. The lowest BCUT2D eigenvalue weighted by atomic mass is 10.2. The highest BCUT2D eigenvalue weighted by atomic mass is 35.5. The molecule has 2 heterocycles. The minimum absolute atomic E-state index is 0.0999. The molecule has 2 aromatic carbocycles. The van der Waals surface area contributed by atoms with Gasteiger partial charge in [-0.2, -0.15) is 4.98 Å². The molecule has 0 spiro atoms. The molecule has 4 aromatic rings. The fourth-order valence-electron chi connectivity index (χ4n) is 2.79. The van der Waals surface area contributed by atoms with Crippen molar-refractivity contribution in [1.82, 2.24) is 10.1 Å². The zero-order chi connectivity index (χ0) is 21.3. The fourth-order valence-corrected chi connectivity index (χ4v) is 5.88. The van der Waals surface area contributed by atoms with Crippen molar-refractivity contribution in [3.63, 3.8) is 0 Å². The second kappa shape index (κ2) is 8.43. The van der Waals surface area contributed by atoms with Crippen molar-refractivity contribution < 1.29 is 12.9 Å². The van der Waals surface area contributed by atoms with E-state index in [0.717, 1.165) is 10.5 Å². The molecule has 0 radical (unpaired) electrons. The Hall–Kier alpha value is -2.33. The summed E-state index contributed by atoms with van der Waals surface area (Å²) in [6, 6.07) is 15.9. The van der Waals surface area contributed by atoms with Crippen molar-refractivity contribution in [1.29, 1.82) is 0 Å². The van der Waals surface area contributed by atoms with E-state index >= 15 is 0 Å². The monoisotopic (exact) mass is 477 g/mol. The number of halogens is 1. The summed E-state index contributed by atoms with van der Waals surface area (Å²) < 4.78 is 33.1. The van der Waals surface area contributed by atoms with Crippen LogP contribution in [0.25, 0.3) is 22.2 Å². The van der Waals surface area contributed by atoms with E-state index in [1.54, 1.807) is 41.4 Å². The van der Waals surface area contributed by atoms with Crippen LogP contribution in [-0.4, -0.2) is 31.9 Å². The maximum Gasteiger partial charge on any atom is 0.269 e. The lowest BCUT2D eigenvalue weighted by Crippen LogP contribution is -2.26. The van der Waals surface area contributed by atoms with Crippen molar-refractivity contribution in [3.8, 4) is 22.2 Å².